The van der Waals surface area contributed by atoms with Crippen LogP contribution >= 0.6 is 0 Å². The molecule has 340 valence electrons. The van der Waals surface area contributed by atoms with Crippen LogP contribution in [0.15, 0.2) is 187 Å². The minimum atomic E-state index is -0.590. The first kappa shape index (κ1) is 44.5. The summed E-state index contributed by atoms with van der Waals surface area (Å²) in [7, 11) is 0. The SMILES string of the molecule is Cc1cccc(C)c1N1C(c2cc(Oc3ccc4c(c3)N(c3cc(C(C)(C)C)ccn3)c3ccccc3C4(C)C)cc(-c3ccccn3)c2)=NC(C)(C)[C@]1(C)C(c1ccccc1)c1ccccc1. The average Bonchev–Trinajstić information content (AvgIpc) is 3.54. The van der Waals surface area contributed by atoms with Gasteiger partial charge < -0.3 is 9.64 Å². The Kier molecular flexibility index (Phi) is 11.0. The van der Waals surface area contributed by atoms with E-state index in [0.717, 1.165) is 51.3 Å². The van der Waals surface area contributed by atoms with E-state index >= 15 is 0 Å². The van der Waals surface area contributed by atoms with Crippen molar-refractivity contribution < 1.29 is 4.74 Å². The first-order valence-corrected chi connectivity index (χ1v) is 23.9. The summed E-state index contributed by atoms with van der Waals surface area (Å²) in [6.45, 7) is 22.8. The molecule has 0 unspecified atom stereocenters. The maximum absolute atomic E-state index is 7.16. The number of aliphatic imine (C=N–C) groups is 1. The largest absolute Gasteiger partial charge is 0.457 e. The zero-order valence-electron chi connectivity index (χ0n) is 41.0. The number of nitrogens with zero attached hydrogens (tertiary/aromatic N) is 5. The van der Waals surface area contributed by atoms with Gasteiger partial charge in [0.05, 0.1) is 28.1 Å². The van der Waals surface area contributed by atoms with Crippen LogP contribution in [0.3, 0.4) is 0 Å². The third-order valence-corrected chi connectivity index (χ3v) is 14.7. The Balaban J connectivity index is 1.16. The number of para-hydroxylation sites is 2. The molecule has 68 heavy (non-hydrogen) atoms. The third-order valence-electron chi connectivity index (χ3n) is 14.7. The van der Waals surface area contributed by atoms with E-state index in [2.05, 4.69) is 237 Å². The molecule has 1 atom stereocenters. The van der Waals surface area contributed by atoms with Gasteiger partial charge in [0.25, 0.3) is 0 Å². The van der Waals surface area contributed by atoms with Crippen LogP contribution in [0.2, 0.25) is 0 Å². The van der Waals surface area contributed by atoms with Gasteiger partial charge in [-0.15, -0.1) is 0 Å². The minimum Gasteiger partial charge on any atom is -0.457 e. The molecule has 6 aromatic carbocycles. The molecule has 2 aliphatic heterocycles. The summed E-state index contributed by atoms with van der Waals surface area (Å²) < 4.78 is 7.16. The van der Waals surface area contributed by atoms with Gasteiger partial charge in [-0.2, -0.15) is 0 Å². The van der Waals surface area contributed by atoms with Gasteiger partial charge >= 0.3 is 0 Å². The third kappa shape index (κ3) is 7.56. The summed E-state index contributed by atoms with van der Waals surface area (Å²) in [5.74, 6) is 3.11. The molecule has 0 saturated carbocycles. The van der Waals surface area contributed by atoms with Crippen LogP contribution in [-0.4, -0.2) is 26.9 Å². The average molecular weight is 892 g/mol. The lowest BCUT2D eigenvalue weighted by molar-refractivity contribution is 0.279. The Bertz CT molecular complexity index is 3130. The van der Waals surface area contributed by atoms with Crippen molar-refractivity contribution in [2.75, 3.05) is 9.80 Å². The molecule has 10 rings (SSSR count). The van der Waals surface area contributed by atoms with Crippen LogP contribution in [0.5, 0.6) is 11.5 Å². The highest BCUT2D eigenvalue weighted by Gasteiger charge is 2.58. The van der Waals surface area contributed by atoms with Gasteiger partial charge in [-0.3, -0.25) is 14.9 Å². The lowest BCUT2D eigenvalue weighted by Gasteiger charge is -2.50. The molecule has 2 aliphatic rings. The molecule has 2 aromatic heterocycles. The number of anilines is 4. The number of ether oxygens (including phenoxy) is 1. The molecule has 8 aromatic rings. The molecule has 0 saturated heterocycles. The van der Waals surface area contributed by atoms with Gasteiger partial charge in [-0.1, -0.05) is 144 Å². The van der Waals surface area contributed by atoms with Crippen molar-refractivity contribution in [3.63, 3.8) is 0 Å². The van der Waals surface area contributed by atoms with E-state index in [1.54, 1.807) is 0 Å². The van der Waals surface area contributed by atoms with Crippen LogP contribution in [0.4, 0.5) is 22.9 Å². The van der Waals surface area contributed by atoms with Gasteiger partial charge in [0.1, 0.15) is 23.2 Å². The highest BCUT2D eigenvalue weighted by molar-refractivity contribution is 6.14. The highest BCUT2D eigenvalue weighted by Crippen LogP contribution is 2.55. The number of aromatic nitrogens is 2. The Morgan fingerprint density at radius 1 is 0.544 bits per heavy atom. The molecular formula is C62H61N5O. The van der Waals surface area contributed by atoms with E-state index in [9.17, 15) is 0 Å². The number of hydrogen-bond donors (Lipinski definition) is 0. The summed E-state index contributed by atoms with van der Waals surface area (Å²) in [4.78, 5) is 20.6. The quantitative estimate of drug-likeness (QED) is 0.144. The van der Waals surface area contributed by atoms with E-state index < -0.39 is 11.1 Å². The summed E-state index contributed by atoms with van der Waals surface area (Å²) >= 11 is 0. The molecule has 0 spiro atoms. The van der Waals surface area contributed by atoms with Crippen molar-refractivity contribution in [2.45, 2.75) is 97.1 Å². The number of rotatable bonds is 9. The van der Waals surface area contributed by atoms with Crippen molar-refractivity contribution in [1.82, 2.24) is 9.97 Å². The molecule has 6 heteroatoms. The second-order valence-corrected chi connectivity index (χ2v) is 20.8. The van der Waals surface area contributed by atoms with Gasteiger partial charge in [0.15, 0.2) is 0 Å². The maximum atomic E-state index is 7.16. The lowest BCUT2D eigenvalue weighted by Crippen LogP contribution is -2.60. The Morgan fingerprint density at radius 3 is 1.84 bits per heavy atom. The number of fused-ring (bicyclic) bond motifs is 2. The Hall–Kier alpha value is -7.31. The Labute approximate surface area is 403 Å². The van der Waals surface area contributed by atoms with Crippen LogP contribution in [-0.2, 0) is 10.8 Å². The van der Waals surface area contributed by atoms with Crippen LogP contribution in [0.25, 0.3) is 11.3 Å². The summed E-state index contributed by atoms with van der Waals surface area (Å²) in [5.41, 5.74) is 13.1. The summed E-state index contributed by atoms with van der Waals surface area (Å²) in [5, 5.41) is 0. The zero-order chi connectivity index (χ0) is 47.6. The Morgan fingerprint density at radius 2 is 1.18 bits per heavy atom. The van der Waals surface area contributed by atoms with E-state index in [-0.39, 0.29) is 16.7 Å². The topological polar surface area (TPSA) is 53.9 Å². The minimum absolute atomic E-state index is 0.0514. The molecule has 0 fully saturated rings. The van der Waals surface area contributed by atoms with Crippen LogP contribution in [0, 0.1) is 13.8 Å². The maximum Gasteiger partial charge on any atom is 0.137 e. The zero-order valence-corrected chi connectivity index (χ0v) is 41.0. The fourth-order valence-electron chi connectivity index (χ4n) is 10.8. The number of pyridine rings is 2. The highest BCUT2D eigenvalue weighted by atomic mass is 16.5. The molecule has 0 radical (unpaired) electrons. The van der Waals surface area contributed by atoms with Crippen LogP contribution < -0.4 is 14.5 Å². The molecule has 4 heterocycles. The first-order valence-electron chi connectivity index (χ1n) is 23.9. The van der Waals surface area contributed by atoms with E-state index in [1.807, 2.05) is 24.5 Å². The lowest BCUT2D eigenvalue weighted by atomic mass is 9.66. The summed E-state index contributed by atoms with van der Waals surface area (Å²) in [6, 6.07) is 60.6. The van der Waals surface area contributed by atoms with Crippen LogP contribution in [0.1, 0.15) is 106 Å². The monoisotopic (exact) mass is 891 g/mol. The van der Waals surface area contributed by atoms with E-state index in [1.165, 1.54) is 38.9 Å². The van der Waals surface area contributed by atoms with Crippen molar-refractivity contribution >= 4 is 28.7 Å². The van der Waals surface area contributed by atoms with Gasteiger partial charge in [0, 0.05) is 46.6 Å². The first-order chi connectivity index (χ1) is 32.6. The molecule has 0 N–H and O–H groups in total. The van der Waals surface area contributed by atoms with Crippen molar-refractivity contribution in [1.29, 1.82) is 0 Å². The molecular weight excluding hydrogens is 831 g/mol. The number of hydrogen-bond acceptors (Lipinski definition) is 6. The van der Waals surface area contributed by atoms with Gasteiger partial charge in [0.2, 0.25) is 0 Å². The summed E-state index contributed by atoms with van der Waals surface area (Å²) in [6.07, 6.45) is 3.79. The smallest absolute Gasteiger partial charge is 0.137 e. The number of benzene rings is 6. The van der Waals surface area contributed by atoms with Crippen molar-refractivity contribution in [3.8, 4) is 22.8 Å². The van der Waals surface area contributed by atoms with Gasteiger partial charge in [-0.25, -0.2) is 4.98 Å². The predicted octanol–water partition coefficient (Wildman–Crippen LogP) is 15.6. The van der Waals surface area contributed by atoms with E-state index in [4.69, 9.17) is 19.7 Å². The predicted molar refractivity (Wildman–Crippen MR) is 282 cm³/mol. The van der Waals surface area contributed by atoms with Crippen molar-refractivity contribution in [2.24, 2.45) is 4.99 Å². The van der Waals surface area contributed by atoms with Crippen molar-refractivity contribution in [3.05, 3.63) is 227 Å². The number of aryl methyl sites for hydroxylation is 2. The normalized spacial score (nSPS) is 17.1. The number of amidine groups is 1. The van der Waals surface area contributed by atoms with Gasteiger partial charge in [-0.05, 0) is 134 Å². The molecule has 0 aliphatic carbocycles. The molecule has 0 amide bonds. The second-order valence-electron chi connectivity index (χ2n) is 20.8. The second kappa shape index (κ2) is 16.8. The standard InChI is InChI=1S/C62H61N5O/c1-41-22-21-23-42(2)57(41)67-58(65-61(8,9)62(67,10)56(43-24-13-11-14-25-43)44-26-15-12-16-27-44)46-36-45(52-29-19-20-34-63-52)37-49(38-46)68-48-31-32-51-54(40-48)66(53-30-18-17-28-50(53)60(51,6)7)55-39-47(33-35-64-55)59(3,4)5/h11-40,56H,1-10H3/t62-/m0/s1. The fraction of sp³-hybridized carbons (Fsp3) is 0.242. The van der Waals surface area contributed by atoms with E-state index in [0.29, 0.717) is 5.75 Å². The fourth-order valence-corrected chi connectivity index (χ4v) is 10.8. The molecule has 0 bridgehead atoms. The molecule has 6 nitrogen and oxygen atoms in total.